The van der Waals surface area contributed by atoms with E-state index in [2.05, 4.69) is 12.8 Å². The second kappa shape index (κ2) is 5.56. The van der Waals surface area contributed by atoms with Gasteiger partial charge < -0.3 is 25.5 Å². The van der Waals surface area contributed by atoms with E-state index in [1.54, 1.807) is 0 Å². The molecular formula is C21H30O5. The van der Waals surface area contributed by atoms with E-state index in [4.69, 9.17) is 6.42 Å². The van der Waals surface area contributed by atoms with Crippen LogP contribution < -0.4 is 0 Å². The quantitative estimate of drug-likeness (QED) is 0.321. The van der Waals surface area contributed by atoms with Gasteiger partial charge in [0.05, 0.1) is 18.3 Å². The fourth-order valence-electron chi connectivity index (χ4n) is 6.98. The second-order valence-electron chi connectivity index (χ2n) is 9.51. The molecule has 0 aromatic heterocycles. The molecule has 26 heavy (non-hydrogen) atoms. The Kier molecular flexibility index (Phi) is 3.95. The van der Waals surface area contributed by atoms with E-state index in [9.17, 15) is 25.5 Å². The highest BCUT2D eigenvalue weighted by atomic mass is 16.4. The Bertz CT molecular complexity index is 682. The molecule has 0 spiro atoms. The molecule has 0 heterocycles. The van der Waals surface area contributed by atoms with Gasteiger partial charge in [0.25, 0.3) is 0 Å². The summed E-state index contributed by atoms with van der Waals surface area (Å²) in [4.78, 5) is 0. The van der Waals surface area contributed by atoms with Gasteiger partial charge in [-0.3, -0.25) is 0 Å². The van der Waals surface area contributed by atoms with E-state index < -0.39 is 35.2 Å². The molecule has 4 rings (SSSR count). The average Bonchev–Trinajstić information content (AvgIpc) is 2.75. The van der Waals surface area contributed by atoms with Crippen LogP contribution in [-0.2, 0) is 0 Å². The Morgan fingerprint density at radius 3 is 2.46 bits per heavy atom. The Labute approximate surface area is 154 Å². The van der Waals surface area contributed by atoms with Crippen LogP contribution in [0.15, 0.2) is 11.6 Å². The lowest BCUT2D eigenvalue weighted by molar-refractivity contribution is -0.139. The Hall–Kier alpha value is -0.900. The van der Waals surface area contributed by atoms with Crippen molar-refractivity contribution in [2.75, 3.05) is 0 Å². The summed E-state index contributed by atoms with van der Waals surface area (Å²) >= 11 is 0. The first kappa shape index (κ1) is 18.5. The second-order valence-corrected chi connectivity index (χ2v) is 9.51. The smallest absolute Gasteiger partial charge is 0.159 e. The number of rotatable bonds is 0. The van der Waals surface area contributed by atoms with Crippen LogP contribution in [0.1, 0.15) is 46.0 Å². The maximum absolute atomic E-state index is 11.0. The van der Waals surface area contributed by atoms with Gasteiger partial charge in [0.2, 0.25) is 0 Å². The molecule has 0 bridgehead atoms. The monoisotopic (exact) mass is 362 g/mol. The molecule has 5 nitrogen and oxygen atoms in total. The molecule has 4 aliphatic carbocycles. The fourth-order valence-corrected chi connectivity index (χ4v) is 6.98. The van der Waals surface area contributed by atoms with E-state index >= 15 is 0 Å². The summed E-state index contributed by atoms with van der Waals surface area (Å²) in [6.07, 6.45) is 7.22. The van der Waals surface area contributed by atoms with Crippen molar-refractivity contribution >= 4 is 0 Å². The zero-order valence-electron chi connectivity index (χ0n) is 15.5. The van der Waals surface area contributed by atoms with Crippen molar-refractivity contribution in [3.05, 3.63) is 11.6 Å². The lowest BCUT2D eigenvalue weighted by atomic mass is 9.46. The van der Waals surface area contributed by atoms with Gasteiger partial charge >= 0.3 is 0 Å². The minimum Gasteiger partial charge on any atom is -0.393 e. The van der Waals surface area contributed by atoms with Crippen LogP contribution in [0.4, 0.5) is 0 Å². The van der Waals surface area contributed by atoms with Crippen LogP contribution in [-0.4, -0.2) is 55.5 Å². The summed E-state index contributed by atoms with van der Waals surface area (Å²) in [7, 11) is 0. The summed E-state index contributed by atoms with van der Waals surface area (Å²) < 4.78 is 0. The molecule has 3 saturated carbocycles. The summed E-state index contributed by atoms with van der Waals surface area (Å²) in [6.45, 7) is 4.04. The van der Waals surface area contributed by atoms with Crippen LogP contribution in [0.25, 0.3) is 0 Å². The molecule has 5 N–H and O–H groups in total. The van der Waals surface area contributed by atoms with Gasteiger partial charge in [0.1, 0.15) is 6.10 Å². The maximum Gasteiger partial charge on any atom is 0.159 e. The van der Waals surface area contributed by atoms with Crippen LogP contribution in [0.2, 0.25) is 0 Å². The first-order chi connectivity index (χ1) is 12.1. The third-order valence-electron chi connectivity index (χ3n) is 8.57. The van der Waals surface area contributed by atoms with Crippen molar-refractivity contribution < 1.29 is 25.5 Å². The highest BCUT2D eigenvalue weighted by Crippen LogP contribution is 2.67. The molecule has 0 aliphatic heterocycles. The highest BCUT2D eigenvalue weighted by Gasteiger charge is 2.71. The molecule has 4 aliphatic rings. The fraction of sp³-hybridized carbons (Fsp3) is 0.810. The van der Waals surface area contributed by atoms with Crippen molar-refractivity contribution in [1.29, 1.82) is 0 Å². The van der Waals surface area contributed by atoms with Gasteiger partial charge in [-0.1, -0.05) is 31.4 Å². The topological polar surface area (TPSA) is 101 Å². The van der Waals surface area contributed by atoms with Gasteiger partial charge in [0, 0.05) is 11.3 Å². The summed E-state index contributed by atoms with van der Waals surface area (Å²) in [6, 6.07) is 0. The first-order valence-corrected chi connectivity index (χ1v) is 9.74. The Morgan fingerprint density at radius 1 is 1.12 bits per heavy atom. The van der Waals surface area contributed by atoms with Gasteiger partial charge in [0.15, 0.2) is 5.60 Å². The van der Waals surface area contributed by atoms with Crippen LogP contribution in [0.3, 0.4) is 0 Å². The summed E-state index contributed by atoms with van der Waals surface area (Å²) in [5.41, 5.74) is -1.67. The van der Waals surface area contributed by atoms with Crippen LogP contribution in [0, 0.1) is 40.9 Å². The molecule has 0 amide bonds. The summed E-state index contributed by atoms with van der Waals surface area (Å²) in [5, 5.41) is 53.4. The number of terminal acetylenes is 1. The van der Waals surface area contributed by atoms with E-state index in [0.717, 1.165) is 24.8 Å². The normalized spacial score (nSPS) is 58.8. The van der Waals surface area contributed by atoms with Crippen LogP contribution in [0.5, 0.6) is 0 Å². The standard InChI is InChI=1S/C21H30O5/c1-4-21(26)18(25)17(24)16-15-13(6-8-20(16,21)3)19(2)7-5-12(22)9-11(19)10-14(15)23/h1,10,12-18,22-26H,5-9H2,2-3H3/t12-,13?,14+,15?,16?,17-,18-,19+,20+,21+/m1/s1. The van der Waals surface area contributed by atoms with Gasteiger partial charge in [-0.05, 0) is 49.4 Å². The minimum atomic E-state index is -1.80. The predicted octanol–water partition coefficient (Wildman–Crippen LogP) is 0.587. The Balaban J connectivity index is 1.81. The largest absolute Gasteiger partial charge is 0.393 e. The number of aliphatic hydroxyl groups excluding tert-OH is 4. The molecular weight excluding hydrogens is 332 g/mol. The molecule has 0 aromatic rings. The third kappa shape index (κ3) is 2.00. The lowest BCUT2D eigenvalue weighted by Crippen LogP contribution is -2.58. The third-order valence-corrected chi connectivity index (χ3v) is 8.57. The molecule has 3 fully saturated rings. The number of fused-ring (bicyclic) bond motifs is 5. The van der Waals surface area contributed by atoms with Crippen molar-refractivity contribution in [2.45, 2.75) is 76.0 Å². The number of aliphatic hydroxyl groups is 5. The molecule has 144 valence electrons. The summed E-state index contributed by atoms with van der Waals surface area (Å²) in [5.74, 6) is 1.74. The molecule has 5 heteroatoms. The first-order valence-electron chi connectivity index (χ1n) is 9.74. The van der Waals surface area contributed by atoms with Crippen molar-refractivity contribution in [3.8, 4) is 12.3 Å². The molecule has 0 saturated heterocycles. The van der Waals surface area contributed by atoms with E-state index in [-0.39, 0.29) is 23.4 Å². The van der Waals surface area contributed by atoms with Crippen molar-refractivity contribution in [3.63, 3.8) is 0 Å². The van der Waals surface area contributed by atoms with E-state index in [1.165, 1.54) is 0 Å². The molecule has 0 aromatic carbocycles. The molecule has 0 radical (unpaired) electrons. The lowest BCUT2D eigenvalue weighted by Gasteiger charge is -2.59. The predicted molar refractivity (Wildman–Crippen MR) is 95.7 cm³/mol. The minimum absolute atomic E-state index is 0.130. The van der Waals surface area contributed by atoms with Crippen molar-refractivity contribution in [2.24, 2.45) is 28.6 Å². The SMILES string of the molecule is C#C[C@]1(O)[C@H](O)[C@H](O)C2C3C(CC[C@@]21C)[C@@]1(C)CC[C@@H](O)CC1=C[C@@H]3O. The van der Waals surface area contributed by atoms with Gasteiger partial charge in [-0.25, -0.2) is 0 Å². The molecule has 10 atom stereocenters. The average molecular weight is 362 g/mol. The van der Waals surface area contributed by atoms with E-state index in [0.29, 0.717) is 12.8 Å². The zero-order valence-corrected chi connectivity index (χ0v) is 15.5. The number of hydrogen-bond acceptors (Lipinski definition) is 5. The maximum atomic E-state index is 11.0. The van der Waals surface area contributed by atoms with Gasteiger partial charge in [-0.15, -0.1) is 6.42 Å². The number of hydrogen-bond donors (Lipinski definition) is 5. The van der Waals surface area contributed by atoms with Crippen LogP contribution >= 0.6 is 0 Å². The van der Waals surface area contributed by atoms with E-state index in [1.807, 2.05) is 13.0 Å². The highest BCUT2D eigenvalue weighted by molar-refractivity contribution is 5.33. The van der Waals surface area contributed by atoms with Crippen molar-refractivity contribution in [1.82, 2.24) is 0 Å². The van der Waals surface area contributed by atoms with Gasteiger partial charge in [-0.2, -0.15) is 0 Å². The Morgan fingerprint density at radius 2 is 1.81 bits per heavy atom. The zero-order chi connectivity index (χ0) is 19.1. The molecule has 3 unspecified atom stereocenters.